The van der Waals surface area contributed by atoms with E-state index in [-0.39, 0.29) is 35.8 Å². The summed E-state index contributed by atoms with van der Waals surface area (Å²) in [5.41, 5.74) is 3.49. The highest BCUT2D eigenvalue weighted by Gasteiger charge is 2.30. The van der Waals surface area contributed by atoms with E-state index in [1.807, 2.05) is 13.0 Å². The lowest BCUT2D eigenvalue weighted by atomic mass is 10.0. The van der Waals surface area contributed by atoms with Crippen molar-refractivity contribution in [1.29, 1.82) is 0 Å². The summed E-state index contributed by atoms with van der Waals surface area (Å²) in [5, 5.41) is 13.9. The summed E-state index contributed by atoms with van der Waals surface area (Å²) >= 11 is 0. The summed E-state index contributed by atoms with van der Waals surface area (Å²) in [7, 11) is 0. The molecule has 174 valence electrons. The lowest BCUT2D eigenvalue weighted by Crippen LogP contribution is -2.42. The summed E-state index contributed by atoms with van der Waals surface area (Å²) in [6.45, 7) is 6.96. The fraction of sp³-hybridized carbons (Fsp3) is 0.480. The minimum absolute atomic E-state index is 0.0764. The molecule has 0 spiro atoms. The van der Waals surface area contributed by atoms with Crippen LogP contribution >= 0.6 is 0 Å². The van der Waals surface area contributed by atoms with Gasteiger partial charge in [-0.15, -0.1) is 0 Å². The van der Waals surface area contributed by atoms with Gasteiger partial charge in [-0.2, -0.15) is 0 Å². The number of hydrogen-bond acceptors (Lipinski definition) is 6. The first-order valence-electron chi connectivity index (χ1n) is 11.6. The van der Waals surface area contributed by atoms with Crippen LogP contribution in [0.4, 0.5) is 10.3 Å². The van der Waals surface area contributed by atoms with Crippen LogP contribution in [-0.4, -0.2) is 45.0 Å². The number of halogens is 1. The van der Waals surface area contributed by atoms with Crippen LogP contribution in [0.1, 0.15) is 56.3 Å². The molecular formula is C25H29FN4O3. The SMILES string of the molecule is Cc1c(C2CC2)c(=O)c2ccc(-c3nc(N[C@@H]4CCOC[C@H]4O)ncc3F)cc2n1C(C)C. The molecule has 0 radical (unpaired) electrons. The molecule has 0 unspecified atom stereocenters. The first-order chi connectivity index (χ1) is 15.8. The molecule has 1 saturated carbocycles. The number of anilines is 1. The maximum Gasteiger partial charge on any atom is 0.223 e. The van der Waals surface area contributed by atoms with Gasteiger partial charge in [-0.3, -0.25) is 4.79 Å². The Hall–Kier alpha value is -2.84. The molecule has 2 atom stereocenters. The topological polar surface area (TPSA) is 89.3 Å². The highest BCUT2D eigenvalue weighted by molar-refractivity contribution is 5.85. The van der Waals surface area contributed by atoms with Crippen LogP contribution in [0.15, 0.2) is 29.2 Å². The number of aromatic nitrogens is 3. The minimum Gasteiger partial charge on any atom is -0.389 e. The molecule has 8 heteroatoms. The zero-order valence-corrected chi connectivity index (χ0v) is 19.1. The van der Waals surface area contributed by atoms with Gasteiger partial charge in [0.1, 0.15) is 5.69 Å². The average Bonchev–Trinajstić information content (AvgIpc) is 3.61. The van der Waals surface area contributed by atoms with Gasteiger partial charge in [0.05, 0.1) is 30.5 Å². The lowest BCUT2D eigenvalue weighted by Gasteiger charge is -2.28. The number of aliphatic hydroxyl groups is 1. The van der Waals surface area contributed by atoms with Crippen molar-refractivity contribution in [1.82, 2.24) is 14.5 Å². The largest absolute Gasteiger partial charge is 0.389 e. The molecule has 1 aromatic carbocycles. The molecule has 5 rings (SSSR count). The van der Waals surface area contributed by atoms with Crippen LogP contribution in [0.5, 0.6) is 0 Å². The quantitative estimate of drug-likeness (QED) is 0.610. The van der Waals surface area contributed by atoms with Crippen LogP contribution in [0.25, 0.3) is 22.2 Å². The zero-order chi connectivity index (χ0) is 23.3. The Bertz CT molecular complexity index is 1270. The molecule has 1 aliphatic heterocycles. The van der Waals surface area contributed by atoms with Crippen molar-refractivity contribution in [3.8, 4) is 11.3 Å². The number of aliphatic hydroxyl groups excluding tert-OH is 1. The molecule has 1 aliphatic carbocycles. The molecular weight excluding hydrogens is 423 g/mol. The lowest BCUT2D eigenvalue weighted by molar-refractivity contribution is -0.0136. The predicted molar refractivity (Wildman–Crippen MR) is 125 cm³/mol. The van der Waals surface area contributed by atoms with Gasteiger partial charge >= 0.3 is 0 Å². The van der Waals surface area contributed by atoms with E-state index < -0.39 is 11.9 Å². The zero-order valence-electron chi connectivity index (χ0n) is 19.1. The Kier molecular flexibility index (Phi) is 5.66. The van der Waals surface area contributed by atoms with E-state index in [9.17, 15) is 14.3 Å². The van der Waals surface area contributed by atoms with E-state index in [4.69, 9.17) is 4.74 Å². The molecule has 2 aromatic heterocycles. The second-order valence-electron chi connectivity index (χ2n) is 9.37. The highest BCUT2D eigenvalue weighted by atomic mass is 19.1. The number of rotatable bonds is 5. The number of nitrogens with zero attached hydrogens (tertiary/aromatic N) is 3. The molecule has 0 bridgehead atoms. The van der Waals surface area contributed by atoms with Gasteiger partial charge in [-0.25, -0.2) is 14.4 Å². The number of fused-ring (bicyclic) bond motifs is 1. The standard InChI is InChI=1S/C25H29FN4O3/c1-13(2)30-14(3)22(15-4-5-15)24(32)17-7-6-16(10-20(17)30)23-18(26)11-27-25(29-23)28-19-8-9-33-12-21(19)31/h6-7,10-11,13,15,19,21,31H,4-5,8-9,12H2,1-3H3,(H,27,28,29)/t19-,21-/m1/s1. The average molecular weight is 453 g/mol. The van der Waals surface area contributed by atoms with Gasteiger partial charge in [0.2, 0.25) is 5.95 Å². The monoisotopic (exact) mass is 452 g/mol. The van der Waals surface area contributed by atoms with Crippen molar-refractivity contribution in [2.24, 2.45) is 0 Å². The van der Waals surface area contributed by atoms with Crippen molar-refractivity contribution >= 4 is 16.9 Å². The van der Waals surface area contributed by atoms with E-state index >= 15 is 0 Å². The Morgan fingerprint density at radius 3 is 2.76 bits per heavy atom. The molecule has 3 aromatic rings. The summed E-state index contributed by atoms with van der Waals surface area (Å²) in [6, 6.07) is 5.26. The van der Waals surface area contributed by atoms with Crippen molar-refractivity contribution in [2.45, 2.75) is 64.1 Å². The number of pyridine rings is 1. The van der Waals surface area contributed by atoms with Crippen molar-refractivity contribution in [3.05, 3.63) is 51.7 Å². The van der Waals surface area contributed by atoms with E-state index in [0.717, 1.165) is 35.8 Å². The van der Waals surface area contributed by atoms with Gasteiger partial charge in [0.25, 0.3) is 0 Å². The Labute approximate surface area is 191 Å². The van der Waals surface area contributed by atoms with Crippen LogP contribution < -0.4 is 10.7 Å². The minimum atomic E-state index is -0.680. The summed E-state index contributed by atoms with van der Waals surface area (Å²) in [6.07, 6.45) is 3.18. The van der Waals surface area contributed by atoms with Crippen molar-refractivity contribution in [3.63, 3.8) is 0 Å². The fourth-order valence-electron chi connectivity index (χ4n) is 4.90. The van der Waals surface area contributed by atoms with Crippen LogP contribution in [0.3, 0.4) is 0 Å². The third kappa shape index (κ3) is 4.02. The molecule has 33 heavy (non-hydrogen) atoms. The normalized spacial score (nSPS) is 21.0. The molecule has 1 saturated heterocycles. The molecule has 7 nitrogen and oxygen atoms in total. The van der Waals surface area contributed by atoms with Gasteiger partial charge in [0, 0.05) is 34.9 Å². The van der Waals surface area contributed by atoms with Gasteiger partial charge in [-0.05, 0) is 58.1 Å². The third-order valence-electron chi connectivity index (χ3n) is 6.66. The van der Waals surface area contributed by atoms with E-state index in [0.29, 0.717) is 29.9 Å². The molecule has 2 N–H and O–H groups in total. The van der Waals surface area contributed by atoms with E-state index in [1.165, 1.54) is 0 Å². The number of benzene rings is 1. The smallest absolute Gasteiger partial charge is 0.223 e. The Balaban J connectivity index is 1.60. The van der Waals surface area contributed by atoms with E-state index in [2.05, 4.69) is 33.7 Å². The summed E-state index contributed by atoms with van der Waals surface area (Å²) < 4.78 is 22.2. The van der Waals surface area contributed by atoms with Crippen LogP contribution in [0, 0.1) is 12.7 Å². The fourth-order valence-corrected chi connectivity index (χ4v) is 4.90. The Morgan fingerprint density at radius 1 is 1.27 bits per heavy atom. The predicted octanol–water partition coefficient (Wildman–Crippen LogP) is 3.93. The van der Waals surface area contributed by atoms with Gasteiger partial charge in [-0.1, -0.05) is 6.07 Å². The second kappa shape index (κ2) is 8.50. The molecule has 2 aliphatic rings. The van der Waals surface area contributed by atoms with Crippen molar-refractivity contribution < 1.29 is 14.2 Å². The van der Waals surface area contributed by atoms with Crippen LogP contribution in [-0.2, 0) is 4.74 Å². The summed E-state index contributed by atoms with van der Waals surface area (Å²) in [5.74, 6) is 0.0520. The van der Waals surface area contributed by atoms with Crippen LogP contribution in [0.2, 0.25) is 0 Å². The number of ether oxygens (including phenoxy) is 1. The van der Waals surface area contributed by atoms with Crippen molar-refractivity contribution in [2.75, 3.05) is 18.5 Å². The van der Waals surface area contributed by atoms with E-state index in [1.54, 1.807) is 12.1 Å². The second-order valence-corrected chi connectivity index (χ2v) is 9.37. The number of nitrogens with one attached hydrogen (secondary N) is 1. The Morgan fingerprint density at radius 2 is 2.06 bits per heavy atom. The maximum absolute atomic E-state index is 14.8. The maximum atomic E-state index is 14.8. The van der Waals surface area contributed by atoms with Gasteiger partial charge < -0.3 is 19.7 Å². The molecule has 0 amide bonds. The third-order valence-corrected chi connectivity index (χ3v) is 6.66. The number of hydrogen-bond donors (Lipinski definition) is 2. The van der Waals surface area contributed by atoms with Gasteiger partial charge in [0.15, 0.2) is 11.2 Å². The first kappa shape index (κ1) is 22.0. The highest BCUT2D eigenvalue weighted by Crippen LogP contribution is 2.41. The molecule has 3 heterocycles. The first-order valence-corrected chi connectivity index (χ1v) is 11.6. The molecule has 2 fully saturated rings. The summed E-state index contributed by atoms with van der Waals surface area (Å²) in [4.78, 5) is 21.7.